The molecule has 3 heterocycles. The van der Waals surface area contributed by atoms with Gasteiger partial charge in [0.15, 0.2) is 11.5 Å². The second-order valence-corrected chi connectivity index (χ2v) is 11.0. The van der Waals surface area contributed by atoms with Gasteiger partial charge in [0.25, 0.3) is 5.69 Å². The average Bonchev–Trinajstić information content (AvgIpc) is 3.67. The Morgan fingerprint density at radius 2 is 1.79 bits per heavy atom. The number of carbonyl (C=O) groups excluding carboxylic acids is 1. The first kappa shape index (κ1) is 25.9. The number of nitro benzene ring substituents is 1. The van der Waals surface area contributed by atoms with Crippen molar-refractivity contribution in [1.29, 1.82) is 0 Å². The summed E-state index contributed by atoms with van der Waals surface area (Å²) < 4.78 is 7.59. The number of ketones is 1. The maximum atomic E-state index is 13.1. The number of fused-ring (bicyclic) bond motifs is 1. The van der Waals surface area contributed by atoms with Crippen LogP contribution in [0.3, 0.4) is 0 Å². The first-order valence-electron chi connectivity index (χ1n) is 13.5. The molecule has 0 bridgehead atoms. The van der Waals surface area contributed by atoms with Gasteiger partial charge >= 0.3 is 0 Å². The van der Waals surface area contributed by atoms with Gasteiger partial charge in [-0.3, -0.25) is 14.9 Å². The lowest BCUT2D eigenvalue weighted by Crippen LogP contribution is -2.31. The van der Waals surface area contributed by atoms with E-state index in [1.807, 2.05) is 54.6 Å². The van der Waals surface area contributed by atoms with Crippen LogP contribution in [0.1, 0.15) is 36.4 Å². The fourth-order valence-electron chi connectivity index (χ4n) is 5.41. The third kappa shape index (κ3) is 4.77. The molecule has 7 rings (SSSR count). The number of para-hydroxylation sites is 1. The Bertz CT molecular complexity index is 1840. The lowest BCUT2D eigenvalue weighted by Gasteiger charge is -2.31. The molecule has 42 heavy (non-hydrogen) atoms. The first-order valence-corrected chi connectivity index (χ1v) is 14.5. The highest BCUT2D eigenvalue weighted by Gasteiger charge is 2.39. The maximum Gasteiger partial charge on any atom is 0.275 e. The number of thioether (sulfide) groups is 1. The van der Waals surface area contributed by atoms with Crippen molar-refractivity contribution >= 4 is 29.2 Å². The number of carbonyl (C=O) groups is 1. The summed E-state index contributed by atoms with van der Waals surface area (Å²) in [5, 5.41) is 20.4. The molecule has 2 aromatic heterocycles. The summed E-state index contributed by atoms with van der Waals surface area (Å²) >= 11 is 1.45. The normalized spacial score (nSPS) is 16.1. The monoisotopic (exact) mass is 576 g/mol. The van der Waals surface area contributed by atoms with Crippen molar-refractivity contribution in [1.82, 2.24) is 19.7 Å². The zero-order chi connectivity index (χ0) is 28.6. The van der Waals surface area contributed by atoms with Crippen LogP contribution in [0, 0.1) is 10.1 Å². The van der Waals surface area contributed by atoms with Crippen molar-refractivity contribution in [3.63, 3.8) is 0 Å². The number of oxazole rings is 1. The lowest BCUT2D eigenvalue weighted by atomic mass is 9.85. The van der Waals surface area contributed by atoms with Gasteiger partial charge in [-0.1, -0.05) is 66.4 Å². The Hall–Kier alpha value is -5.03. The van der Waals surface area contributed by atoms with Crippen LogP contribution < -0.4 is 5.32 Å². The summed E-state index contributed by atoms with van der Waals surface area (Å²) in [6.45, 7) is 0. The van der Waals surface area contributed by atoms with Gasteiger partial charge in [-0.05, 0) is 36.6 Å². The predicted molar refractivity (Wildman–Crippen MR) is 158 cm³/mol. The van der Waals surface area contributed by atoms with Gasteiger partial charge in [0.1, 0.15) is 6.04 Å². The van der Waals surface area contributed by atoms with E-state index in [1.54, 1.807) is 29.1 Å². The van der Waals surface area contributed by atoms with Gasteiger partial charge in [-0.15, -0.1) is 5.10 Å². The lowest BCUT2D eigenvalue weighted by molar-refractivity contribution is -0.385. The van der Waals surface area contributed by atoms with E-state index in [4.69, 9.17) is 14.5 Å². The van der Waals surface area contributed by atoms with Crippen LogP contribution in [0.15, 0.2) is 106 Å². The average molecular weight is 577 g/mol. The molecule has 0 amide bonds. The minimum Gasteiger partial charge on any atom is -0.436 e. The fourth-order valence-corrected chi connectivity index (χ4v) is 6.19. The third-order valence-corrected chi connectivity index (χ3v) is 8.32. The van der Waals surface area contributed by atoms with Gasteiger partial charge in [0.2, 0.25) is 17.0 Å². The number of rotatable bonds is 7. The van der Waals surface area contributed by atoms with Crippen molar-refractivity contribution in [3.8, 4) is 22.8 Å². The summed E-state index contributed by atoms with van der Waals surface area (Å²) in [4.78, 5) is 33.7. The topological polar surface area (TPSA) is 129 Å². The van der Waals surface area contributed by atoms with Crippen LogP contribution in [0.25, 0.3) is 22.8 Å². The molecular weight excluding hydrogens is 552 g/mol. The van der Waals surface area contributed by atoms with Crippen LogP contribution in [-0.2, 0) is 10.5 Å². The SMILES string of the molecule is O=C1CCCC2=C1[C@@H](c1ccccc1[N+](=O)[O-])n1nc(SCc3ccc(-c4ncc(-c5ccccc5)o4)cc3)nc1N2. The minimum absolute atomic E-state index is 0.0238. The number of allylic oxidation sites excluding steroid dienone is 2. The number of hydrogen-bond donors (Lipinski definition) is 1. The van der Waals surface area contributed by atoms with Crippen molar-refractivity contribution in [3.05, 3.63) is 118 Å². The summed E-state index contributed by atoms with van der Waals surface area (Å²) in [6.07, 6.45) is 3.53. The summed E-state index contributed by atoms with van der Waals surface area (Å²) in [7, 11) is 0. The number of nitrogens with one attached hydrogen (secondary N) is 1. The minimum atomic E-state index is -0.714. The van der Waals surface area contributed by atoms with Crippen molar-refractivity contribution < 1.29 is 14.1 Å². The number of aromatic nitrogens is 4. The molecule has 3 aromatic carbocycles. The quantitative estimate of drug-likeness (QED) is 0.126. The summed E-state index contributed by atoms with van der Waals surface area (Å²) in [5.74, 6) is 2.32. The van der Waals surface area contributed by atoms with E-state index in [0.29, 0.717) is 52.5 Å². The van der Waals surface area contributed by atoms with Crippen LogP contribution in [0.2, 0.25) is 0 Å². The Kier molecular flexibility index (Phi) is 6.63. The zero-order valence-corrected chi connectivity index (χ0v) is 23.1. The molecular formula is C31H24N6O4S. The van der Waals surface area contributed by atoms with Gasteiger partial charge in [0, 0.05) is 40.6 Å². The molecule has 0 saturated carbocycles. The van der Waals surface area contributed by atoms with E-state index in [0.717, 1.165) is 28.8 Å². The van der Waals surface area contributed by atoms with Crippen LogP contribution >= 0.6 is 11.8 Å². The fraction of sp³-hybridized carbons (Fsp3) is 0.161. The first-order chi connectivity index (χ1) is 20.5. The van der Waals surface area contributed by atoms with Crippen LogP contribution in [0.5, 0.6) is 0 Å². The van der Waals surface area contributed by atoms with E-state index >= 15 is 0 Å². The molecule has 1 aliphatic heterocycles. The predicted octanol–water partition coefficient (Wildman–Crippen LogP) is 6.82. The molecule has 1 N–H and O–H groups in total. The molecule has 0 unspecified atom stereocenters. The van der Waals surface area contributed by atoms with E-state index in [2.05, 4.69) is 10.3 Å². The Balaban J connectivity index is 1.12. The number of Topliss-reactive ketones (excluding diaryl/α,β-unsaturated/α-hetero) is 1. The zero-order valence-electron chi connectivity index (χ0n) is 22.3. The standard InChI is InChI=1S/C31H24N6O4S/c38-25-12-6-10-23-27(25)28(22-9-4-5-11-24(22)37(39)40)36-30(33-23)34-31(35-36)42-18-19-13-15-21(16-14-19)29-32-17-26(41-29)20-7-2-1-3-8-20/h1-5,7-9,11,13-17,28H,6,10,12,18H2,(H,33,34,35)/t28-/m1/s1. The van der Waals surface area contributed by atoms with Crippen molar-refractivity contribution in [2.75, 3.05) is 5.32 Å². The van der Waals surface area contributed by atoms with Crippen LogP contribution in [0.4, 0.5) is 11.6 Å². The highest BCUT2D eigenvalue weighted by Crippen LogP contribution is 2.43. The Labute approximate surface area is 244 Å². The molecule has 1 atom stereocenters. The largest absolute Gasteiger partial charge is 0.436 e. The smallest absolute Gasteiger partial charge is 0.275 e. The highest BCUT2D eigenvalue weighted by atomic mass is 32.2. The Morgan fingerprint density at radius 3 is 2.60 bits per heavy atom. The third-order valence-electron chi connectivity index (χ3n) is 7.41. The van der Waals surface area contributed by atoms with Gasteiger partial charge in [-0.2, -0.15) is 4.98 Å². The highest BCUT2D eigenvalue weighted by molar-refractivity contribution is 7.98. The number of anilines is 1. The molecule has 2 aliphatic rings. The molecule has 0 fully saturated rings. The number of hydrogen-bond acceptors (Lipinski definition) is 9. The van der Waals surface area contributed by atoms with Gasteiger partial charge in [-0.25, -0.2) is 9.67 Å². The number of nitro groups is 1. The Morgan fingerprint density at radius 1 is 1.00 bits per heavy atom. The summed E-state index contributed by atoms with van der Waals surface area (Å²) in [5.41, 5.74) is 4.57. The van der Waals surface area contributed by atoms with E-state index < -0.39 is 11.0 Å². The second kappa shape index (κ2) is 10.7. The molecule has 11 heteroatoms. The van der Waals surface area contributed by atoms with Crippen molar-refractivity contribution in [2.24, 2.45) is 0 Å². The maximum absolute atomic E-state index is 13.1. The van der Waals surface area contributed by atoms with Gasteiger partial charge in [0.05, 0.1) is 16.7 Å². The van der Waals surface area contributed by atoms with E-state index in [1.165, 1.54) is 17.8 Å². The molecule has 208 valence electrons. The molecule has 1 aliphatic carbocycles. The molecule has 5 aromatic rings. The number of benzene rings is 3. The molecule has 0 saturated heterocycles. The number of nitrogens with zero attached hydrogens (tertiary/aromatic N) is 5. The molecule has 0 radical (unpaired) electrons. The molecule has 0 spiro atoms. The van der Waals surface area contributed by atoms with Crippen molar-refractivity contribution in [2.45, 2.75) is 36.2 Å². The second-order valence-electron chi connectivity index (χ2n) is 10.1. The molecule has 10 nitrogen and oxygen atoms in total. The summed E-state index contributed by atoms with van der Waals surface area (Å²) in [6, 6.07) is 23.6. The van der Waals surface area contributed by atoms with E-state index in [9.17, 15) is 14.9 Å². The van der Waals surface area contributed by atoms with E-state index in [-0.39, 0.29) is 11.5 Å². The van der Waals surface area contributed by atoms with Crippen LogP contribution in [-0.4, -0.2) is 30.5 Å². The van der Waals surface area contributed by atoms with Gasteiger partial charge < -0.3 is 9.73 Å².